The predicted octanol–water partition coefficient (Wildman–Crippen LogP) is 3.51. The summed E-state index contributed by atoms with van der Waals surface area (Å²) in [4.78, 5) is 14.4. The van der Waals surface area contributed by atoms with Crippen LogP contribution in [-0.4, -0.2) is 35.4 Å². The summed E-state index contributed by atoms with van der Waals surface area (Å²) in [6.07, 6.45) is -4.48. The summed E-state index contributed by atoms with van der Waals surface area (Å²) in [5.41, 5.74) is 1.00. The highest BCUT2D eigenvalue weighted by molar-refractivity contribution is 5.88. The van der Waals surface area contributed by atoms with E-state index in [2.05, 4.69) is 9.72 Å². The molecule has 0 unspecified atom stereocenters. The average Bonchev–Trinajstić information content (AvgIpc) is 2.94. The SMILES string of the molecule is CCOC(=O)c1ccc(-c2cc(O)cc(OCC(F)(F)F)c2)[nH]1. The molecular weight excluding hydrogens is 315 g/mol. The van der Waals surface area contributed by atoms with Gasteiger partial charge in [-0.1, -0.05) is 0 Å². The highest BCUT2D eigenvalue weighted by atomic mass is 19.4. The Morgan fingerprint density at radius 2 is 2.00 bits per heavy atom. The van der Waals surface area contributed by atoms with Gasteiger partial charge in [-0.2, -0.15) is 13.2 Å². The van der Waals surface area contributed by atoms with E-state index in [9.17, 15) is 23.1 Å². The van der Waals surface area contributed by atoms with E-state index in [1.165, 1.54) is 18.2 Å². The molecule has 0 amide bonds. The van der Waals surface area contributed by atoms with Crippen molar-refractivity contribution in [2.45, 2.75) is 13.1 Å². The molecule has 5 nitrogen and oxygen atoms in total. The van der Waals surface area contributed by atoms with Crippen molar-refractivity contribution in [3.8, 4) is 22.8 Å². The lowest BCUT2D eigenvalue weighted by molar-refractivity contribution is -0.153. The number of phenolic OH excluding ortho intramolecular Hbond substituents is 1. The van der Waals surface area contributed by atoms with Crippen LogP contribution in [0.25, 0.3) is 11.3 Å². The first kappa shape index (κ1) is 16.7. The fraction of sp³-hybridized carbons (Fsp3) is 0.267. The van der Waals surface area contributed by atoms with Gasteiger partial charge >= 0.3 is 12.1 Å². The monoisotopic (exact) mass is 329 g/mol. The van der Waals surface area contributed by atoms with Crippen LogP contribution in [0, 0.1) is 0 Å². The molecule has 0 aliphatic rings. The Balaban J connectivity index is 2.22. The molecule has 0 aliphatic heterocycles. The van der Waals surface area contributed by atoms with Crippen molar-refractivity contribution >= 4 is 5.97 Å². The Kier molecular flexibility index (Phi) is 4.83. The molecule has 23 heavy (non-hydrogen) atoms. The van der Waals surface area contributed by atoms with E-state index in [1.54, 1.807) is 13.0 Å². The number of aromatic nitrogens is 1. The van der Waals surface area contributed by atoms with E-state index in [4.69, 9.17) is 4.74 Å². The van der Waals surface area contributed by atoms with Gasteiger partial charge in [-0.3, -0.25) is 0 Å². The van der Waals surface area contributed by atoms with Crippen molar-refractivity contribution in [1.29, 1.82) is 0 Å². The number of esters is 1. The molecule has 2 aromatic rings. The molecule has 0 aliphatic carbocycles. The van der Waals surface area contributed by atoms with E-state index < -0.39 is 18.8 Å². The highest BCUT2D eigenvalue weighted by Gasteiger charge is 2.28. The Labute approximate surface area is 129 Å². The zero-order valence-electron chi connectivity index (χ0n) is 12.1. The summed E-state index contributed by atoms with van der Waals surface area (Å²) in [5, 5.41) is 9.62. The molecule has 0 saturated carbocycles. The van der Waals surface area contributed by atoms with Gasteiger partial charge < -0.3 is 19.6 Å². The number of H-pyrrole nitrogens is 1. The molecule has 1 aromatic heterocycles. The van der Waals surface area contributed by atoms with Crippen LogP contribution in [0.2, 0.25) is 0 Å². The van der Waals surface area contributed by atoms with Crippen LogP contribution in [0.15, 0.2) is 30.3 Å². The van der Waals surface area contributed by atoms with Crippen LogP contribution in [0.5, 0.6) is 11.5 Å². The summed E-state index contributed by atoms with van der Waals surface area (Å²) < 4.78 is 46.0. The Morgan fingerprint density at radius 1 is 1.26 bits per heavy atom. The van der Waals surface area contributed by atoms with Gasteiger partial charge in [0.15, 0.2) is 6.61 Å². The topological polar surface area (TPSA) is 71.6 Å². The minimum absolute atomic E-state index is 0.135. The van der Waals surface area contributed by atoms with Crippen LogP contribution < -0.4 is 4.74 Å². The fourth-order valence-electron chi connectivity index (χ4n) is 1.88. The van der Waals surface area contributed by atoms with Gasteiger partial charge in [-0.05, 0) is 31.2 Å². The van der Waals surface area contributed by atoms with E-state index in [-0.39, 0.29) is 23.8 Å². The molecule has 2 N–H and O–H groups in total. The number of ether oxygens (including phenoxy) is 2. The van der Waals surface area contributed by atoms with Crippen LogP contribution in [0.4, 0.5) is 13.2 Å². The number of carbonyl (C=O) groups excluding carboxylic acids is 1. The smallest absolute Gasteiger partial charge is 0.422 e. The van der Waals surface area contributed by atoms with Gasteiger partial charge in [-0.15, -0.1) is 0 Å². The normalized spacial score (nSPS) is 11.3. The van der Waals surface area contributed by atoms with E-state index in [1.807, 2.05) is 0 Å². The lowest BCUT2D eigenvalue weighted by Gasteiger charge is -2.10. The molecule has 2 rings (SSSR count). The highest BCUT2D eigenvalue weighted by Crippen LogP contribution is 2.30. The maximum Gasteiger partial charge on any atom is 0.422 e. The standard InChI is InChI=1S/C15H14F3NO4/c1-2-22-14(21)13-4-3-12(19-13)9-5-10(20)7-11(6-9)23-8-15(16,17)18/h3-7,19-20H,2,8H2,1H3. The first-order valence-electron chi connectivity index (χ1n) is 6.68. The molecule has 124 valence electrons. The van der Waals surface area contributed by atoms with Crippen molar-refractivity contribution in [1.82, 2.24) is 4.98 Å². The third kappa shape index (κ3) is 4.67. The lowest BCUT2D eigenvalue weighted by Crippen LogP contribution is -2.19. The maximum atomic E-state index is 12.2. The van der Waals surface area contributed by atoms with Crippen LogP contribution in [0.3, 0.4) is 0 Å². The molecule has 0 bridgehead atoms. The number of benzene rings is 1. The van der Waals surface area contributed by atoms with Gasteiger partial charge in [-0.25, -0.2) is 4.79 Å². The summed E-state index contributed by atoms with van der Waals surface area (Å²) in [7, 11) is 0. The van der Waals surface area contributed by atoms with Crippen LogP contribution >= 0.6 is 0 Å². The third-order valence-electron chi connectivity index (χ3n) is 2.79. The van der Waals surface area contributed by atoms with E-state index in [0.29, 0.717) is 11.3 Å². The lowest BCUT2D eigenvalue weighted by atomic mass is 10.1. The molecule has 0 spiro atoms. The van der Waals surface area contributed by atoms with Gasteiger partial charge in [0.2, 0.25) is 0 Å². The number of hydrogen-bond acceptors (Lipinski definition) is 4. The van der Waals surface area contributed by atoms with E-state index >= 15 is 0 Å². The predicted molar refractivity (Wildman–Crippen MR) is 75.4 cm³/mol. The molecule has 0 saturated heterocycles. The quantitative estimate of drug-likeness (QED) is 0.824. The fourth-order valence-corrected chi connectivity index (χ4v) is 1.88. The molecule has 0 radical (unpaired) electrons. The molecule has 1 heterocycles. The van der Waals surface area contributed by atoms with Crippen molar-refractivity contribution in [3.05, 3.63) is 36.0 Å². The second-order valence-corrected chi connectivity index (χ2v) is 4.63. The average molecular weight is 329 g/mol. The summed E-state index contributed by atoms with van der Waals surface area (Å²) in [5.74, 6) is -0.941. The number of rotatable bonds is 5. The number of alkyl halides is 3. The Bertz CT molecular complexity index is 694. The molecule has 0 fully saturated rings. The molecular formula is C15H14F3NO4. The summed E-state index contributed by atoms with van der Waals surface area (Å²) in [6, 6.07) is 6.76. The number of halogens is 3. The minimum Gasteiger partial charge on any atom is -0.508 e. The van der Waals surface area contributed by atoms with Crippen LogP contribution in [0.1, 0.15) is 17.4 Å². The van der Waals surface area contributed by atoms with Crippen molar-refractivity contribution in [2.24, 2.45) is 0 Å². The Morgan fingerprint density at radius 3 is 2.65 bits per heavy atom. The summed E-state index contributed by atoms with van der Waals surface area (Å²) >= 11 is 0. The number of carbonyl (C=O) groups is 1. The maximum absolute atomic E-state index is 12.2. The van der Waals surface area contributed by atoms with Crippen molar-refractivity contribution in [2.75, 3.05) is 13.2 Å². The van der Waals surface area contributed by atoms with Gasteiger partial charge in [0.05, 0.1) is 6.61 Å². The molecule has 1 aromatic carbocycles. The minimum atomic E-state index is -4.48. The third-order valence-corrected chi connectivity index (χ3v) is 2.79. The Hall–Kier alpha value is -2.64. The first-order chi connectivity index (χ1) is 10.8. The first-order valence-corrected chi connectivity index (χ1v) is 6.68. The number of aromatic amines is 1. The zero-order chi connectivity index (χ0) is 17.0. The van der Waals surface area contributed by atoms with Gasteiger partial charge in [0.1, 0.15) is 17.2 Å². The number of hydrogen-bond donors (Lipinski definition) is 2. The van der Waals surface area contributed by atoms with Crippen molar-refractivity contribution in [3.63, 3.8) is 0 Å². The van der Waals surface area contributed by atoms with Crippen molar-refractivity contribution < 1.29 is 32.5 Å². The second kappa shape index (κ2) is 6.64. The number of phenols is 1. The molecule has 8 heteroatoms. The largest absolute Gasteiger partial charge is 0.508 e. The van der Waals surface area contributed by atoms with Gasteiger partial charge in [0.25, 0.3) is 0 Å². The van der Waals surface area contributed by atoms with Crippen LogP contribution in [-0.2, 0) is 4.74 Å². The second-order valence-electron chi connectivity index (χ2n) is 4.63. The number of nitrogens with one attached hydrogen (secondary N) is 1. The van der Waals surface area contributed by atoms with Gasteiger partial charge in [0, 0.05) is 17.3 Å². The zero-order valence-corrected chi connectivity index (χ0v) is 12.1. The van der Waals surface area contributed by atoms with E-state index in [0.717, 1.165) is 6.07 Å². The molecule has 0 atom stereocenters. The summed E-state index contributed by atoms with van der Waals surface area (Å²) in [6.45, 7) is 0.421. The number of aromatic hydroxyl groups is 1.